The second kappa shape index (κ2) is 5.10. The van der Waals surface area contributed by atoms with Crippen molar-refractivity contribution < 1.29 is 13.5 Å². The fraction of sp³-hybridized carbons (Fsp3) is 0.500. The molecule has 0 spiro atoms. The summed E-state index contributed by atoms with van der Waals surface area (Å²) in [5.74, 6) is -1.67. The molecule has 0 amide bonds. The molecule has 1 aliphatic carbocycles. The van der Waals surface area contributed by atoms with Crippen molar-refractivity contribution in [3.8, 4) is 11.7 Å². The Bertz CT molecular complexity index is 565. The van der Waals surface area contributed by atoms with Crippen molar-refractivity contribution in [2.45, 2.75) is 37.7 Å². The molecular weight excluding hydrogens is 268 g/mol. The second-order valence-electron chi connectivity index (χ2n) is 4.73. The van der Waals surface area contributed by atoms with E-state index in [0.717, 1.165) is 0 Å². The highest BCUT2D eigenvalue weighted by molar-refractivity contribution is 5.25. The minimum absolute atomic E-state index is 0.140. The van der Waals surface area contributed by atoms with E-state index in [9.17, 15) is 8.78 Å². The summed E-state index contributed by atoms with van der Waals surface area (Å²) in [5.41, 5.74) is 0. The van der Waals surface area contributed by atoms with Gasteiger partial charge in [-0.25, -0.2) is 28.4 Å². The van der Waals surface area contributed by atoms with Crippen molar-refractivity contribution in [2.24, 2.45) is 0 Å². The van der Waals surface area contributed by atoms with Crippen molar-refractivity contribution in [1.29, 1.82) is 0 Å². The molecular formula is C12H13F2N5O. The van der Waals surface area contributed by atoms with Crippen LogP contribution >= 0.6 is 0 Å². The lowest BCUT2D eigenvalue weighted by Gasteiger charge is -2.28. The number of hydrogen-bond donors (Lipinski definition) is 0. The Kier molecular flexibility index (Phi) is 3.29. The van der Waals surface area contributed by atoms with Crippen molar-refractivity contribution in [3.05, 3.63) is 25.0 Å². The van der Waals surface area contributed by atoms with Gasteiger partial charge in [0.2, 0.25) is 11.8 Å². The normalized spacial score (nSPS) is 18.9. The Morgan fingerprint density at radius 3 is 2.70 bits per heavy atom. The Morgan fingerprint density at radius 1 is 1.20 bits per heavy atom. The summed E-state index contributed by atoms with van der Waals surface area (Å²) in [6.45, 7) is 0. The van der Waals surface area contributed by atoms with Crippen LogP contribution in [0.4, 0.5) is 8.78 Å². The van der Waals surface area contributed by atoms with Crippen LogP contribution in [0.5, 0.6) is 5.88 Å². The molecule has 0 bridgehead atoms. The molecule has 1 fully saturated rings. The summed E-state index contributed by atoms with van der Waals surface area (Å²) in [6, 6.07) is 1.61. The molecule has 0 aliphatic heterocycles. The molecule has 0 saturated heterocycles. The molecule has 2 heterocycles. The van der Waals surface area contributed by atoms with E-state index in [-0.39, 0.29) is 18.9 Å². The average Bonchev–Trinajstić information content (AvgIpc) is 2.96. The highest BCUT2D eigenvalue weighted by atomic mass is 19.3. The van der Waals surface area contributed by atoms with Crippen molar-refractivity contribution in [2.75, 3.05) is 0 Å². The molecule has 2 aromatic heterocycles. The molecule has 2 aromatic rings. The van der Waals surface area contributed by atoms with Gasteiger partial charge in [-0.2, -0.15) is 5.10 Å². The van der Waals surface area contributed by atoms with Crippen molar-refractivity contribution >= 4 is 0 Å². The van der Waals surface area contributed by atoms with Gasteiger partial charge in [0.1, 0.15) is 25.1 Å². The van der Waals surface area contributed by atoms with Gasteiger partial charge in [0.15, 0.2) is 5.82 Å². The van der Waals surface area contributed by atoms with Crippen molar-refractivity contribution in [3.63, 3.8) is 0 Å². The molecule has 3 rings (SSSR count). The number of nitrogens with zero attached hydrogens (tertiary/aromatic N) is 5. The monoisotopic (exact) mass is 281 g/mol. The van der Waals surface area contributed by atoms with Crippen molar-refractivity contribution in [1.82, 2.24) is 24.7 Å². The Balaban J connectivity index is 1.68. The van der Waals surface area contributed by atoms with Gasteiger partial charge in [-0.15, -0.1) is 0 Å². The molecule has 20 heavy (non-hydrogen) atoms. The molecule has 6 nitrogen and oxygen atoms in total. The minimum atomic E-state index is -2.56. The number of ether oxygens (including phenoxy) is 1. The third-order valence-corrected chi connectivity index (χ3v) is 3.23. The Labute approximate surface area is 113 Å². The predicted molar refractivity (Wildman–Crippen MR) is 64.8 cm³/mol. The van der Waals surface area contributed by atoms with Gasteiger partial charge >= 0.3 is 0 Å². The zero-order valence-electron chi connectivity index (χ0n) is 10.6. The number of rotatable bonds is 3. The first-order valence-corrected chi connectivity index (χ1v) is 6.34. The first-order chi connectivity index (χ1) is 9.62. The molecule has 1 saturated carbocycles. The summed E-state index contributed by atoms with van der Waals surface area (Å²) >= 11 is 0. The molecule has 0 aromatic carbocycles. The summed E-state index contributed by atoms with van der Waals surface area (Å²) in [4.78, 5) is 11.9. The fourth-order valence-corrected chi connectivity index (χ4v) is 2.15. The van der Waals surface area contributed by atoms with E-state index < -0.39 is 5.92 Å². The van der Waals surface area contributed by atoms with Crippen LogP contribution in [0.2, 0.25) is 0 Å². The topological polar surface area (TPSA) is 65.7 Å². The molecule has 8 heteroatoms. The van der Waals surface area contributed by atoms with Crippen LogP contribution in [0.25, 0.3) is 5.82 Å². The van der Waals surface area contributed by atoms with Crippen LogP contribution < -0.4 is 4.74 Å². The molecule has 106 valence electrons. The summed E-state index contributed by atoms with van der Waals surface area (Å²) in [5, 5.41) is 3.95. The lowest BCUT2D eigenvalue weighted by molar-refractivity contribution is -0.0588. The van der Waals surface area contributed by atoms with Crippen LogP contribution in [0.15, 0.2) is 25.0 Å². The number of alkyl halides is 2. The molecule has 0 unspecified atom stereocenters. The highest BCUT2D eigenvalue weighted by Crippen LogP contribution is 2.34. The smallest absolute Gasteiger partial charge is 0.248 e. The van der Waals surface area contributed by atoms with Gasteiger partial charge in [-0.1, -0.05) is 0 Å². The summed E-state index contributed by atoms with van der Waals surface area (Å²) in [7, 11) is 0. The molecule has 0 radical (unpaired) electrons. The minimum Gasteiger partial charge on any atom is -0.474 e. The van der Waals surface area contributed by atoms with Gasteiger partial charge < -0.3 is 4.74 Å². The predicted octanol–water partition coefficient (Wildman–Crippen LogP) is 2.01. The van der Waals surface area contributed by atoms with Gasteiger partial charge in [0.05, 0.1) is 0 Å². The summed E-state index contributed by atoms with van der Waals surface area (Å²) < 4.78 is 33.3. The first-order valence-electron chi connectivity index (χ1n) is 6.34. The molecule has 0 N–H and O–H groups in total. The number of halogens is 2. The van der Waals surface area contributed by atoms with E-state index in [1.807, 2.05) is 0 Å². The maximum absolute atomic E-state index is 13.1. The van der Waals surface area contributed by atoms with Gasteiger partial charge in [-0.3, -0.25) is 0 Å². The maximum Gasteiger partial charge on any atom is 0.248 e. The van der Waals surface area contributed by atoms with Crippen LogP contribution in [0.1, 0.15) is 25.7 Å². The Morgan fingerprint density at radius 2 is 2.00 bits per heavy atom. The van der Waals surface area contributed by atoms with Crippen LogP contribution in [0.3, 0.4) is 0 Å². The van der Waals surface area contributed by atoms with Crippen LogP contribution in [-0.4, -0.2) is 36.8 Å². The lowest BCUT2D eigenvalue weighted by atomic mass is 9.94. The van der Waals surface area contributed by atoms with E-state index in [4.69, 9.17) is 4.74 Å². The van der Waals surface area contributed by atoms with E-state index in [0.29, 0.717) is 24.5 Å². The highest BCUT2D eigenvalue weighted by Gasteiger charge is 2.35. The van der Waals surface area contributed by atoms with E-state index >= 15 is 0 Å². The maximum atomic E-state index is 13.1. The fourth-order valence-electron chi connectivity index (χ4n) is 2.15. The lowest BCUT2D eigenvalue weighted by Crippen LogP contribution is -2.31. The third-order valence-electron chi connectivity index (χ3n) is 3.23. The summed E-state index contributed by atoms with van der Waals surface area (Å²) in [6.07, 6.45) is 4.40. The quantitative estimate of drug-likeness (QED) is 0.861. The second-order valence-corrected chi connectivity index (χ2v) is 4.73. The molecule has 1 aliphatic rings. The molecule has 0 atom stereocenters. The van der Waals surface area contributed by atoms with E-state index in [1.165, 1.54) is 23.7 Å². The van der Waals surface area contributed by atoms with Gasteiger partial charge in [0, 0.05) is 18.9 Å². The number of hydrogen-bond acceptors (Lipinski definition) is 5. The van der Waals surface area contributed by atoms with Crippen LogP contribution in [0, 0.1) is 0 Å². The standard InChI is InChI=1S/C12H13F2N5O/c13-12(14)3-1-9(2-4-12)20-11-5-10(16-7-17-11)19-8-15-6-18-19/h5-9H,1-4H2. The SMILES string of the molecule is FC1(F)CCC(Oc2cc(-n3cncn3)ncn2)CC1. The van der Waals surface area contributed by atoms with Gasteiger partial charge in [-0.05, 0) is 12.8 Å². The Hall–Kier alpha value is -2.12. The van der Waals surface area contributed by atoms with Gasteiger partial charge in [0.25, 0.3) is 0 Å². The number of aromatic nitrogens is 5. The largest absolute Gasteiger partial charge is 0.474 e. The van der Waals surface area contributed by atoms with Crippen LogP contribution in [-0.2, 0) is 0 Å². The third kappa shape index (κ3) is 2.89. The van der Waals surface area contributed by atoms with E-state index in [1.54, 1.807) is 6.07 Å². The average molecular weight is 281 g/mol. The van der Waals surface area contributed by atoms with E-state index in [2.05, 4.69) is 20.1 Å². The zero-order valence-corrected chi connectivity index (χ0v) is 10.6. The zero-order chi connectivity index (χ0) is 14.0. The first kappa shape index (κ1) is 12.9.